The van der Waals surface area contributed by atoms with E-state index in [0.717, 1.165) is 24.3 Å². The third kappa shape index (κ3) is 3.34. The predicted molar refractivity (Wildman–Crippen MR) is 69.3 cm³/mol. The Hall–Kier alpha value is -0.790. The van der Waals surface area contributed by atoms with Crippen molar-refractivity contribution in [2.45, 2.75) is 23.8 Å². The van der Waals surface area contributed by atoms with E-state index >= 15 is 0 Å². The monoisotopic (exact) mass is 273 g/mol. The SMILES string of the molecule is Nc1ccc(S(=O)(=O)NC2CCCSC2)cn1. The Kier molecular flexibility index (Phi) is 3.90. The average Bonchev–Trinajstić information content (AvgIpc) is 2.30. The van der Waals surface area contributed by atoms with Gasteiger partial charge in [0.15, 0.2) is 0 Å². The molecule has 2 rings (SSSR count). The lowest BCUT2D eigenvalue weighted by Crippen LogP contribution is -2.38. The van der Waals surface area contributed by atoms with Gasteiger partial charge in [-0.3, -0.25) is 0 Å². The number of nitrogens with one attached hydrogen (secondary N) is 1. The third-order valence-electron chi connectivity index (χ3n) is 2.55. The average molecular weight is 273 g/mol. The first-order valence-corrected chi connectivity index (χ1v) is 8.03. The summed E-state index contributed by atoms with van der Waals surface area (Å²) < 4.78 is 26.7. The second-order valence-corrected chi connectivity index (χ2v) is 6.82. The van der Waals surface area contributed by atoms with Gasteiger partial charge >= 0.3 is 0 Å². The van der Waals surface area contributed by atoms with E-state index in [9.17, 15) is 8.42 Å². The molecule has 0 bridgehead atoms. The highest BCUT2D eigenvalue weighted by atomic mass is 32.2. The summed E-state index contributed by atoms with van der Waals surface area (Å²) in [6, 6.07) is 2.99. The molecular weight excluding hydrogens is 258 g/mol. The van der Waals surface area contributed by atoms with Crippen LogP contribution in [0.2, 0.25) is 0 Å². The van der Waals surface area contributed by atoms with E-state index in [2.05, 4.69) is 9.71 Å². The second kappa shape index (κ2) is 5.24. The number of aromatic nitrogens is 1. The molecule has 1 aromatic rings. The first kappa shape index (κ1) is 12.7. The number of nitrogens with two attached hydrogens (primary N) is 1. The van der Waals surface area contributed by atoms with Crippen molar-refractivity contribution >= 4 is 27.6 Å². The largest absolute Gasteiger partial charge is 0.384 e. The van der Waals surface area contributed by atoms with Gasteiger partial charge in [-0.25, -0.2) is 18.1 Å². The van der Waals surface area contributed by atoms with Gasteiger partial charge < -0.3 is 5.73 Å². The number of sulfonamides is 1. The fourth-order valence-corrected chi connectivity index (χ4v) is 4.06. The van der Waals surface area contributed by atoms with Gasteiger partial charge in [-0.05, 0) is 30.7 Å². The van der Waals surface area contributed by atoms with Gasteiger partial charge in [0, 0.05) is 18.0 Å². The minimum Gasteiger partial charge on any atom is -0.384 e. The van der Waals surface area contributed by atoms with Crippen LogP contribution in [0.5, 0.6) is 0 Å². The van der Waals surface area contributed by atoms with Gasteiger partial charge in [0.2, 0.25) is 10.0 Å². The summed E-state index contributed by atoms with van der Waals surface area (Å²) in [5, 5.41) is 0. The summed E-state index contributed by atoms with van der Waals surface area (Å²) in [5.74, 6) is 2.26. The van der Waals surface area contributed by atoms with E-state index < -0.39 is 10.0 Å². The zero-order valence-corrected chi connectivity index (χ0v) is 10.9. The van der Waals surface area contributed by atoms with Crippen molar-refractivity contribution in [2.24, 2.45) is 0 Å². The Morgan fingerprint density at radius 1 is 1.47 bits per heavy atom. The van der Waals surface area contributed by atoms with Crippen molar-refractivity contribution in [3.8, 4) is 0 Å². The standard InChI is InChI=1S/C10H15N3O2S2/c11-10-4-3-9(6-12-10)17(14,15)13-8-2-1-5-16-7-8/h3-4,6,8,13H,1-2,5,7H2,(H2,11,12). The topological polar surface area (TPSA) is 85.1 Å². The number of hydrogen-bond acceptors (Lipinski definition) is 5. The van der Waals surface area contributed by atoms with Crippen LogP contribution in [0.4, 0.5) is 5.82 Å². The number of hydrogen-bond donors (Lipinski definition) is 2. The van der Waals surface area contributed by atoms with E-state index in [1.54, 1.807) is 11.8 Å². The van der Waals surface area contributed by atoms with Crippen LogP contribution < -0.4 is 10.5 Å². The molecule has 0 amide bonds. The zero-order chi connectivity index (χ0) is 12.3. The molecule has 1 aliphatic heterocycles. The lowest BCUT2D eigenvalue weighted by molar-refractivity contribution is 0.543. The molecule has 1 aliphatic rings. The molecule has 0 aromatic carbocycles. The summed E-state index contributed by atoms with van der Waals surface area (Å²) in [6.45, 7) is 0. The van der Waals surface area contributed by atoms with Crippen LogP contribution in [0.15, 0.2) is 23.2 Å². The molecule has 5 nitrogen and oxygen atoms in total. The lowest BCUT2D eigenvalue weighted by atomic mass is 10.2. The van der Waals surface area contributed by atoms with E-state index in [4.69, 9.17) is 5.73 Å². The fourth-order valence-electron chi connectivity index (χ4n) is 1.67. The number of nitrogens with zero attached hydrogens (tertiary/aromatic N) is 1. The van der Waals surface area contributed by atoms with Crippen molar-refractivity contribution in [2.75, 3.05) is 17.2 Å². The molecule has 1 aromatic heterocycles. The Morgan fingerprint density at radius 2 is 2.29 bits per heavy atom. The molecule has 2 heterocycles. The third-order valence-corrected chi connectivity index (χ3v) is 5.27. The van der Waals surface area contributed by atoms with Gasteiger partial charge in [0.25, 0.3) is 0 Å². The highest BCUT2D eigenvalue weighted by molar-refractivity contribution is 7.99. The summed E-state index contributed by atoms with van der Waals surface area (Å²) >= 11 is 1.78. The minimum absolute atomic E-state index is 0.0244. The molecule has 7 heteroatoms. The summed E-state index contributed by atoms with van der Waals surface area (Å²) in [4.78, 5) is 3.96. The summed E-state index contributed by atoms with van der Waals surface area (Å²) in [6.07, 6.45) is 3.24. The summed E-state index contributed by atoms with van der Waals surface area (Å²) in [7, 11) is -3.46. The molecular formula is C10H15N3O2S2. The van der Waals surface area contributed by atoms with E-state index in [-0.39, 0.29) is 10.9 Å². The molecule has 17 heavy (non-hydrogen) atoms. The maximum atomic E-state index is 12.0. The van der Waals surface area contributed by atoms with Crippen LogP contribution in [0.25, 0.3) is 0 Å². The molecule has 3 N–H and O–H groups in total. The quantitative estimate of drug-likeness (QED) is 0.852. The molecule has 1 unspecified atom stereocenters. The number of nitrogen functional groups attached to an aromatic ring is 1. The lowest BCUT2D eigenvalue weighted by Gasteiger charge is -2.22. The van der Waals surface area contributed by atoms with Crippen molar-refractivity contribution in [1.82, 2.24) is 9.71 Å². The molecule has 1 saturated heterocycles. The highest BCUT2D eigenvalue weighted by Crippen LogP contribution is 2.19. The molecule has 1 atom stereocenters. The number of rotatable bonds is 3. The molecule has 94 valence electrons. The van der Waals surface area contributed by atoms with E-state index in [0.29, 0.717) is 5.82 Å². The summed E-state index contributed by atoms with van der Waals surface area (Å²) in [5.41, 5.74) is 5.42. The number of thioether (sulfide) groups is 1. The maximum Gasteiger partial charge on any atom is 0.242 e. The molecule has 0 spiro atoms. The van der Waals surface area contributed by atoms with Crippen LogP contribution >= 0.6 is 11.8 Å². The Balaban J connectivity index is 2.10. The van der Waals surface area contributed by atoms with Gasteiger partial charge in [0.1, 0.15) is 10.7 Å². The zero-order valence-electron chi connectivity index (χ0n) is 9.30. The van der Waals surface area contributed by atoms with E-state index in [1.807, 2.05) is 0 Å². The van der Waals surface area contributed by atoms with Crippen molar-refractivity contribution in [3.05, 3.63) is 18.3 Å². The van der Waals surface area contributed by atoms with Crippen LogP contribution in [0.1, 0.15) is 12.8 Å². The van der Waals surface area contributed by atoms with Crippen LogP contribution in [-0.2, 0) is 10.0 Å². The minimum atomic E-state index is -3.46. The van der Waals surface area contributed by atoms with Gasteiger partial charge in [-0.2, -0.15) is 11.8 Å². The normalized spacial score (nSPS) is 21.3. The Morgan fingerprint density at radius 3 is 2.88 bits per heavy atom. The molecule has 0 aliphatic carbocycles. The molecule has 0 saturated carbocycles. The smallest absolute Gasteiger partial charge is 0.242 e. The van der Waals surface area contributed by atoms with E-state index in [1.165, 1.54) is 18.3 Å². The molecule has 0 radical (unpaired) electrons. The highest BCUT2D eigenvalue weighted by Gasteiger charge is 2.22. The number of pyridine rings is 1. The van der Waals surface area contributed by atoms with Crippen LogP contribution in [0, 0.1) is 0 Å². The maximum absolute atomic E-state index is 12.0. The van der Waals surface area contributed by atoms with Gasteiger partial charge in [-0.1, -0.05) is 0 Å². The fraction of sp³-hybridized carbons (Fsp3) is 0.500. The predicted octanol–water partition coefficient (Wildman–Crippen LogP) is 0.838. The van der Waals surface area contributed by atoms with Gasteiger partial charge in [-0.15, -0.1) is 0 Å². The van der Waals surface area contributed by atoms with Crippen LogP contribution in [-0.4, -0.2) is 30.9 Å². The molecule has 1 fully saturated rings. The van der Waals surface area contributed by atoms with Crippen molar-refractivity contribution in [1.29, 1.82) is 0 Å². The van der Waals surface area contributed by atoms with Crippen LogP contribution in [0.3, 0.4) is 0 Å². The van der Waals surface area contributed by atoms with Crippen molar-refractivity contribution < 1.29 is 8.42 Å². The van der Waals surface area contributed by atoms with Crippen molar-refractivity contribution in [3.63, 3.8) is 0 Å². The number of anilines is 1. The first-order valence-electron chi connectivity index (χ1n) is 5.39. The van der Waals surface area contributed by atoms with Gasteiger partial charge in [0.05, 0.1) is 0 Å². The Labute approximate surface area is 105 Å². The first-order chi connectivity index (χ1) is 8.08. The second-order valence-electron chi connectivity index (χ2n) is 3.95. The Bertz CT molecular complexity index is 467.